The predicted molar refractivity (Wildman–Crippen MR) is 23.3 cm³/mol. The average Bonchev–Trinajstić information content (AvgIpc) is 1.38. The third kappa shape index (κ3) is 6.00. The van der Waals surface area contributed by atoms with Crippen molar-refractivity contribution in [3.05, 3.63) is 0 Å². The van der Waals surface area contributed by atoms with E-state index in [0.717, 1.165) is 0 Å². The van der Waals surface area contributed by atoms with E-state index in [9.17, 15) is 0 Å². The second-order valence-electron chi connectivity index (χ2n) is 0.578. The molecule has 0 amide bonds. The summed E-state index contributed by atoms with van der Waals surface area (Å²) in [5.74, 6) is 2.11. The van der Waals surface area contributed by atoms with Crippen LogP contribution in [0.5, 0.6) is 0 Å². The van der Waals surface area contributed by atoms with Crippen molar-refractivity contribution < 1.29 is 16.3 Å². The molecule has 0 saturated carbocycles. The molecule has 0 rings (SSSR count). The van der Waals surface area contributed by atoms with Gasteiger partial charge in [0.1, 0.15) is 0 Å². The summed E-state index contributed by atoms with van der Waals surface area (Å²) in [6, 6.07) is 0. The molecular weight excluding hydrogens is 201 g/mol. The van der Waals surface area contributed by atoms with E-state index in [1.54, 1.807) is 0 Å². The molecule has 0 aromatic rings. The van der Waals surface area contributed by atoms with Gasteiger partial charge in [-0.3, -0.25) is 0 Å². The molecule has 0 aliphatic rings. The zero-order chi connectivity index (χ0) is 4.28. The normalized spacial score (nSPS) is 6.20. The van der Waals surface area contributed by atoms with Gasteiger partial charge in [-0.25, -0.2) is 0 Å². The van der Waals surface area contributed by atoms with Crippen LogP contribution in [-0.2, 0) is 16.3 Å². The van der Waals surface area contributed by atoms with E-state index in [1.165, 1.54) is 0 Å². The van der Waals surface area contributed by atoms with Crippen LogP contribution < -0.4 is 0 Å². The van der Waals surface area contributed by atoms with E-state index in [-0.39, 0.29) is 0 Å². The molecule has 0 nitrogen and oxygen atoms in total. The molecule has 5 heavy (non-hydrogen) atoms. The van der Waals surface area contributed by atoms with Gasteiger partial charge in [-0.05, 0) is 0 Å². The van der Waals surface area contributed by atoms with E-state index in [1.807, 2.05) is 0 Å². The molecule has 0 fully saturated rings. The van der Waals surface area contributed by atoms with Crippen molar-refractivity contribution >= 4 is 27.9 Å². The topological polar surface area (TPSA) is 0 Å². The molecule has 0 radical (unpaired) electrons. The Morgan fingerprint density at radius 1 is 1.60 bits per heavy atom. The fourth-order valence-corrected chi connectivity index (χ4v) is 0. The van der Waals surface area contributed by atoms with Gasteiger partial charge in [-0.2, -0.15) is 0 Å². The van der Waals surface area contributed by atoms with Crippen molar-refractivity contribution in [1.82, 2.24) is 0 Å². The van der Waals surface area contributed by atoms with Crippen LogP contribution in [0.4, 0.5) is 0 Å². The number of halogens is 2. The van der Waals surface area contributed by atoms with Crippen molar-refractivity contribution in [2.45, 2.75) is 5.79 Å². The summed E-state index contributed by atoms with van der Waals surface area (Å²) < 4.78 is 0. The summed E-state index contributed by atoms with van der Waals surface area (Å²) in [5.41, 5.74) is 0. The zero-order valence-corrected chi connectivity index (χ0v) is 7.96. The Balaban J connectivity index is 3.14. The molecule has 0 bridgehead atoms. The van der Waals surface area contributed by atoms with Gasteiger partial charge in [0.05, 0.1) is 0 Å². The first-order valence-corrected chi connectivity index (χ1v) is 13.6. The first-order chi connectivity index (χ1) is 2.27. The van der Waals surface area contributed by atoms with Crippen LogP contribution >= 0.6 is 17.0 Å². The molecule has 4 heteroatoms. The second kappa shape index (κ2) is 4.16. The Morgan fingerprint density at radius 2 is 1.80 bits per heavy atom. The summed E-state index contributed by atoms with van der Waals surface area (Å²) in [4.78, 5) is 0. The number of rotatable bonds is 0. The fraction of sp³-hybridized carbons (Fsp3) is 1.00. The van der Waals surface area contributed by atoms with Gasteiger partial charge in [-0.1, -0.05) is 0 Å². The van der Waals surface area contributed by atoms with E-state index >= 15 is 0 Å². The SMILES string of the molecule is [CH3][Al]=[Zr]([Cl])[Cl]. The van der Waals surface area contributed by atoms with Crippen molar-refractivity contribution in [1.29, 1.82) is 0 Å². The summed E-state index contributed by atoms with van der Waals surface area (Å²) in [6.07, 6.45) is 0. The van der Waals surface area contributed by atoms with Crippen molar-refractivity contribution in [2.75, 3.05) is 0 Å². The Bertz CT molecular complexity index is 47.6. The monoisotopic (exact) mass is 202 g/mol. The summed E-state index contributed by atoms with van der Waals surface area (Å²) >= 11 is -1.55. The second-order valence-corrected chi connectivity index (χ2v) is 20.5. The van der Waals surface area contributed by atoms with E-state index in [0.29, 0.717) is 10.9 Å². The molecule has 0 aromatic carbocycles. The van der Waals surface area contributed by atoms with Crippen molar-refractivity contribution in [3.8, 4) is 0 Å². The quantitative estimate of drug-likeness (QED) is 0.525. The Morgan fingerprint density at radius 3 is 1.80 bits per heavy atom. The van der Waals surface area contributed by atoms with Gasteiger partial charge >= 0.3 is 50.0 Å². The molecule has 0 spiro atoms. The van der Waals surface area contributed by atoms with Crippen LogP contribution in [0, 0.1) is 0 Å². The number of hydrogen-bond acceptors (Lipinski definition) is 0. The van der Waals surface area contributed by atoms with Crippen molar-refractivity contribution in [2.24, 2.45) is 0 Å². The molecule has 0 aliphatic heterocycles. The molecule has 0 N–H and O–H groups in total. The minimum atomic E-state index is -1.55. The van der Waals surface area contributed by atoms with Crippen LogP contribution in [-0.4, -0.2) is 10.9 Å². The molecule has 0 saturated heterocycles. The minimum absolute atomic E-state index is 0.459. The van der Waals surface area contributed by atoms with Gasteiger partial charge in [-0.15, -0.1) is 0 Å². The summed E-state index contributed by atoms with van der Waals surface area (Å²) in [7, 11) is 11.4. The molecule has 0 aromatic heterocycles. The molecule has 0 unspecified atom stereocenters. The summed E-state index contributed by atoms with van der Waals surface area (Å²) in [5, 5.41) is 0. The molecule has 0 atom stereocenters. The molecule has 0 aliphatic carbocycles. The number of hydrogen-bond donors (Lipinski definition) is 0. The van der Waals surface area contributed by atoms with Gasteiger partial charge in [0.25, 0.3) is 0 Å². The first-order valence-electron chi connectivity index (χ1n) is 1.24. The van der Waals surface area contributed by atoms with Crippen LogP contribution in [0.25, 0.3) is 0 Å². The van der Waals surface area contributed by atoms with Gasteiger partial charge < -0.3 is 0 Å². The van der Waals surface area contributed by atoms with Crippen molar-refractivity contribution in [3.63, 3.8) is 0 Å². The van der Waals surface area contributed by atoms with Crippen LogP contribution in [0.2, 0.25) is 5.79 Å². The average molecular weight is 204 g/mol. The Labute approximate surface area is 49.4 Å². The third-order valence-corrected chi connectivity index (χ3v) is 11.6. The van der Waals surface area contributed by atoms with Crippen LogP contribution in [0.1, 0.15) is 0 Å². The van der Waals surface area contributed by atoms with Crippen LogP contribution in [0.3, 0.4) is 0 Å². The van der Waals surface area contributed by atoms with E-state index in [2.05, 4.69) is 5.79 Å². The Hall–Kier alpha value is 2.00. The van der Waals surface area contributed by atoms with E-state index < -0.39 is 16.3 Å². The van der Waals surface area contributed by atoms with Gasteiger partial charge in [0.2, 0.25) is 0 Å². The predicted octanol–water partition coefficient (Wildman–Crippen LogP) is 1.58. The molecule has 0 heterocycles. The van der Waals surface area contributed by atoms with Gasteiger partial charge in [0, 0.05) is 0 Å². The molecule has 28 valence electrons. The van der Waals surface area contributed by atoms with E-state index in [4.69, 9.17) is 17.0 Å². The first kappa shape index (κ1) is 7.00. The standard InChI is InChI=1S/CH3.Al.2ClH.Zr/h1H3;;2*1H;/q;;;;+2/p-2. The molecular formula is CH3AlCl2Zr. The van der Waals surface area contributed by atoms with Gasteiger partial charge in [0.15, 0.2) is 0 Å². The maximum absolute atomic E-state index is 5.46. The fourth-order valence-electron chi connectivity index (χ4n) is 0. The maximum atomic E-state index is 5.46. The van der Waals surface area contributed by atoms with Crippen LogP contribution in [0.15, 0.2) is 0 Å². The third-order valence-electron chi connectivity index (χ3n) is 0.218. The summed E-state index contributed by atoms with van der Waals surface area (Å²) in [6.45, 7) is 0. The Kier molecular flexibility index (Phi) is 5.82. The zero-order valence-electron chi connectivity index (χ0n) is 2.83.